The Bertz CT molecular complexity index is 1310. The first-order chi connectivity index (χ1) is 14.0. The number of aryl methyl sites for hydroxylation is 1. The molecule has 0 atom stereocenters. The predicted molar refractivity (Wildman–Crippen MR) is 114 cm³/mol. The van der Waals surface area contributed by atoms with Gasteiger partial charge < -0.3 is 10.3 Å². The van der Waals surface area contributed by atoms with E-state index in [1.807, 2.05) is 48.1 Å². The van der Waals surface area contributed by atoms with Gasteiger partial charge in [0.15, 0.2) is 0 Å². The minimum atomic E-state index is -0.556. The molecule has 2 aromatic carbocycles. The SMILES string of the molecule is CN=Cc1cc(-c2ncc3c(ccn3C)c2-c2ccc(C#N)c(F)c2)ccc1N. The van der Waals surface area contributed by atoms with Gasteiger partial charge in [0.25, 0.3) is 0 Å². The van der Waals surface area contributed by atoms with Crippen molar-refractivity contribution in [2.24, 2.45) is 12.0 Å². The lowest BCUT2D eigenvalue weighted by Crippen LogP contribution is -1.97. The van der Waals surface area contributed by atoms with Crippen molar-refractivity contribution in [1.82, 2.24) is 9.55 Å². The monoisotopic (exact) mass is 383 g/mol. The molecule has 29 heavy (non-hydrogen) atoms. The number of aromatic nitrogens is 2. The highest BCUT2D eigenvalue weighted by atomic mass is 19.1. The van der Waals surface area contributed by atoms with E-state index in [1.54, 1.807) is 25.5 Å². The van der Waals surface area contributed by atoms with Gasteiger partial charge in [0, 0.05) is 54.3 Å². The molecule has 4 rings (SSSR count). The number of rotatable bonds is 3. The summed E-state index contributed by atoms with van der Waals surface area (Å²) in [6.07, 6.45) is 5.44. The molecule has 0 saturated carbocycles. The molecule has 0 aliphatic carbocycles. The maximum atomic E-state index is 14.4. The van der Waals surface area contributed by atoms with Gasteiger partial charge in [0.1, 0.15) is 11.9 Å². The molecule has 0 amide bonds. The van der Waals surface area contributed by atoms with Gasteiger partial charge in [-0.25, -0.2) is 4.39 Å². The number of nitrogens with two attached hydrogens (primary N) is 1. The second kappa shape index (κ2) is 7.21. The van der Waals surface area contributed by atoms with Gasteiger partial charge in [-0.05, 0) is 35.9 Å². The number of pyridine rings is 1. The molecule has 0 bridgehead atoms. The quantitative estimate of drug-likeness (QED) is 0.416. The van der Waals surface area contributed by atoms with Crippen molar-refractivity contribution in [3.8, 4) is 28.5 Å². The zero-order valence-electron chi connectivity index (χ0n) is 16.0. The zero-order chi connectivity index (χ0) is 20.5. The molecule has 0 spiro atoms. The molecule has 2 aromatic heterocycles. The van der Waals surface area contributed by atoms with Crippen molar-refractivity contribution in [2.45, 2.75) is 0 Å². The third kappa shape index (κ3) is 3.13. The average Bonchev–Trinajstić information content (AvgIpc) is 3.10. The summed E-state index contributed by atoms with van der Waals surface area (Å²) < 4.78 is 16.4. The Morgan fingerprint density at radius 1 is 1.17 bits per heavy atom. The molecular weight excluding hydrogens is 365 g/mol. The van der Waals surface area contributed by atoms with Crippen LogP contribution in [-0.4, -0.2) is 22.8 Å². The van der Waals surface area contributed by atoms with Crippen molar-refractivity contribution in [3.05, 3.63) is 71.8 Å². The summed E-state index contributed by atoms with van der Waals surface area (Å²) in [4.78, 5) is 8.75. The van der Waals surface area contributed by atoms with E-state index in [0.29, 0.717) is 16.9 Å². The van der Waals surface area contributed by atoms with Crippen LogP contribution in [0.2, 0.25) is 0 Å². The summed E-state index contributed by atoms with van der Waals surface area (Å²) in [6, 6.07) is 14.1. The number of aliphatic imine (C=N–C) groups is 1. The summed E-state index contributed by atoms with van der Waals surface area (Å²) in [7, 11) is 3.62. The van der Waals surface area contributed by atoms with E-state index in [-0.39, 0.29) is 5.56 Å². The van der Waals surface area contributed by atoms with Crippen LogP contribution < -0.4 is 5.73 Å². The molecule has 6 heteroatoms. The fraction of sp³-hybridized carbons (Fsp3) is 0.0870. The minimum Gasteiger partial charge on any atom is -0.398 e. The Kier molecular flexibility index (Phi) is 4.57. The summed E-state index contributed by atoms with van der Waals surface area (Å²) in [5.41, 5.74) is 11.4. The van der Waals surface area contributed by atoms with E-state index in [1.165, 1.54) is 12.1 Å². The molecule has 0 aliphatic heterocycles. The van der Waals surface area contributed by atoms with Gasteiger partial charge in [0.2, 0.25) is 0 Å². The Labute approximate surface area is 167 Å². The van der Waals surface area contributed by atoms with Gasteiger partial charge in [-0.15, -0.1) is 0 Å². The molecule has 0 aliphatic rings. The number of hydrogen-bond donors (Lipinski definition) is 1. The Morgan fingerprint density at radius 3 is 2.69 bits per heavy atom. The number of benzene rings is 2. The van der Waals surface area contributed by atoms with Crippen LogP contribution in [0.3, 0.4) is 0 Å². The fourth-order valence-corrected chi connectivity index (χ4v) is 3.48. The van der Waals surface area contributed by atoms with Crippen LogP contribution in [-0.2, 0) is 7.05 Å². The Hall–Kier alpha value is -3.98. The van der Waals surface area contributed by atoms with Crippen LogP contribution in [0.25, 0.3) is 33.3 Å². The van der Waals surface area contributed by atoms with Gasteiger partial charge in [-0.1, -0.05) is 12.1 Å². The molecule has 0 unspecified atom stereocenters. The summed E-state index contributed by atoms with van der Waals surface area (Å²) in [5.74, 6) is -0.556. The largest absolute Gasteiger partial charge is 0.398 e. The lowest BCUT2D eigenvalue weighted by Gasteiger charge is -2.13. The number of fused-ring (bicyclic) bond motifs is 1. The van der Waals surface area contributed by atoms with E-state index < -0.39 is 5.82 Å². The van der Waals surface area contributed by atoms with Crippen LogP contribution in [0.5, 0.6) is 0 Å². The van der Waals surface area contributed by atoms with Crippen molar-refractivity contribution < 1.29 is 4.39 Å². The average molecular weight is 383 g/mol. The number of anilines is 1. The Balaban J connectivity index is 2.04. The van der Waals surface area contributed by atoms with E-state index in [9.17, 15) is 4.39 Å². The van der Waals surface area contributed by atoms with E-state index in [4.69, 9.17) is 16.0 Å². The first-order valence-electron chi connectivity index (χ1n) is 8.99. The topological polar surface area (TPSA) is 80.0 Å². The second-order valence-corrected chi connectivity index (χ2v) is 6.74. The number of nitrogen functional groups attached to an aromatic ring is 1. The number of halogens is 1. The molecular formula is C23H18FN5. The van der Waals surface area contributed by atoms with Crippen LogP contribution in [0.4, 0.5) is 10.1 Å². The van der Waals surface area contributed by atoms with Crippen molar-refractivity contribution in [2.75, 3.05) is 12.8 Å². The van der Waals surface area contributed by atoms with Crippen molar-refractivity contribution in [3.63, 3.8) is 0 Å². The number of nitrogens with zero attached hydrogens (tertiary/aromatic N) is 4. The van der Waals surface area contributed by atoms with Crippen molar-refractivity contribution >= 4 is 22.8 Å². The van der Waals surface area contributed by atoms with E-state index in [2.05, 4.69) is 4.99 Å². The first-order valence-corrected chi connectivity index (χ1v) is 8.99. The molecule has 2 heterocycles. The highest BCUT2D eigenvalue weighted by Crippen LogP contribution is 2.38. The first kappa shape index (κ1) is 18.4. The zero-order valence-corrected chi connectivity index (χ0v) is 16.0. The molecule has 142 valence electrons. The Morgan fingerprint density at radius 2 is 1.97 bits per heavy atom. The van der Waals surface area contributed by atoms with Crippen LogP contribution >= 0.6 is 0 Å². The van der Waals surface area contributed by atoms with Gasteiger partial charge >= 0.3 is 0 Å². The smallest absolute Gasteiger partial charge is 0.141 e. The highest BCUT2D eigenvalue weighted by molar-refractivity contribution is 6.02. The van der Waals surface area contributed by atoms with Gasteiger partial charge in [0.05, 0.1) is 23.0 Å². The molecule has 0 fully saturated rings. The standard InChI is InChI=1S/C23H18FN5/c1-27-12-17-9-15(5-6-20(17)26)23-22(14-3-4-16(11-25)19(24)10-14)18-7-8-29(2)21(18)13-28-23/h3-10,12-13H,26H2,1-2H3. The maximum absolute atomic E-state index is 14.4. The van der Waals surface area contributed by atoms with Crippen molar-refractivity contribution in [1.29, 1.82) is 5.26 Å². The molecule has 5 nitrogen and oxygen atoms in total. The van der Waals surface area contributed by atoms with Crippen LogP contribution in [0.15, 0.2) is 59.9 Å². The molecule has 4 aromatic rings. The highest BCUT2D eigenvalue weighted by Gasteiger charge is 2.17. The maximum Gasteiger partial charge on any atom is 0.141 e. The minimum absolute atomic E-state index is 0.0115. The van der Waals surface area contributed by atoms with Gasteiger partial charge in [-0.2, -0.15) is 5.26 Å². The van der Waals surface area contributed by atoms with Gasteiger partial charge in [-0.3, -0.25) is 9.98 Å². The van der Waals surface area contributed by atoms with E-state index >= 15 is 0 Å². The normalized spacial score (nSPS) is 11.2. The summed E-state index contributed by atoms with van der Waals surface area (Å²) in [5, 5.41) is 10.0. The second-order valence-electron chi connectivity index (χ2n) is 6.74. The lowest BCUT2D eigenvalue weighted by atomic mass is 9.94. The molecule has 0 saturated heterocycles. The fourth-order valence-electron chi connectivity index (χ4n) is 3.48. The number of nitriles is 1. The van der Waals surface area contributed by atoms with E-state index in [0.717, 1.165) is 27.6 Å². The number of hydrogen-bond acceptors (Lipinski definition) is 4. The summed E-state index contributed by atoms with van der Waals surface area (Å²) >= 11 is 0. The third-order valence-electron chi connectivity index (χ3n) is 4.95. The molecule has 2 N–H and O–H groups in total. The lowest BCUT2D eigenvalue weighted by molar-refractivity contribution is 0.624. The van der Waals surface area contributed by atoms with Crippen LogP contribution in [0, 0.1) is 17.1 Å². The molecule has 0 radical (unpaired) electrons. The summed E-state index contributed by atoms with van der Waals surface area (Å²) in [6.45, 7) is 0. The third-order valence-corrected chi connectivity index (χ3v) is 4.95. The predicted octanol–water partition coefficient (Wildman–Crippen LogP) is 4.55. The van der Waals surface area contributed by atoms with Crippen LogP contribution in [0.1, 0.15) is 11.1 Å².